The fourth-order valence-corrected chi connectivity index (χ4v) is 3.73. The lowest BCUT2D eigenvalue weighted by molar-refractivity contribution is 0.1000. The van der Waals surface area contributed by atoms with Gasteiger partial charge in [-0.3, -0.25) is 9.78 Å². The zero-order chi connectivity index (χ0) is 25.3. The average Bonchev–Trinajstić information content (AvgIpc) is 3.57. The summed E-state index contributed by atoms with van der Waals surface area (Å²) in [4.78, 5) is 33.0. The molecule has 3 aromatic heterocycles. The van der Waals surface area contributed by atoms with Crippen LogP contribution in [-0.4, -0.2) is 54.2 Å². The first kappa shape index (κ1) is 23.9. The van der Waals surface area contributed by atoms with Gasteiger partial charge in [-0.05, 0) is 51.7 Å². The fourth-order valence-electron chi connectivity index (χ4n) is 3.73. The first-order valence-electron chi connectivity index (χ1n) is 11.0. The third kappa shape index (κ3) is 5.45. The van der Waals surface area contributed by atoms with E-state index in [1.807, 2.05) is 13.8 Å². The fraction of sp³-hybridized carbons (Fsp3) is 0.364. The van der Waals surface area contributed by atoms with Crippen LogP contribution in [-0.2, 0) is 0 Å². The SMILES string of the molecule is Cc1nn(-c2cncc(Nc3nc(N[C@H](C4CC4)[C@H](C)NC(=O)O)c(F)cc3C(N)=O)c2)nc1C. The predicted octanol–water partition coefficient (Wildman–Crippen LogP) is 2.50. The van der Waals surface area contributed by atoms with Gasteiger partial charge in [0.05, 0.1) is 41.1 Å². The summed E-state index contributed by atoms with van der Waals surface area (Å²) in [6, 6.07) is 1.81. The lowest BCUT2D eigenvalue weighted by Gasteiger charge is -2.26. The van der Waals surface area contributed by atoms with Gasteiger partial charge in [-0.1, -0.05) is 0 Å². The first-order valence-corrected chi connectivity index (χ1v) is 11.0. The molecule has 0 aliphatic heterocycles. The molecule has 12 nitrogen and oxygen atoms in total. The number of nitrogens with two attached hydrogens (primary N) is 1. The number of primary amides is 1. The van der Waals surface area contributed by atoms with Crippen molar-refractivity contribution in [2.24, 2.45) is 11.7 Å². The van der Waals surface area contributed by atoms with Crippen LogP contribution in [0.3, 0.4) is 0 Å². The lowest BCUT2D eigenvalue weighted by atomic mass is 10.0. The van der Waals surface area contributed by atoms with Crippen LogP contribution >= 0.6 is 0 Å². The normalized spacial score (nSPS) is 14.7. The molecular formula is C22H26FN9O3. The topological polar surface area (TPSA) is 173 Å². The zero-order valence-corrected chi connectivity index (χ0v) is 19.4. The van der Waals surface area contributed by atoms with E-state index in [-0.39, 0.29) is 29.2 Å². The molecule has 0 radical (unpaired) electrons. The molecule has 184 valence electrons. The first-order chi connectivity index (χ1) is 16.6. The zero-order valence-electron chi connectivity index (χ0n) is 19.4. The quantitative estimate of drug-likeness (QED) is 0.306. The number of amides is 2. The van der Waals surface area contributed by atoms with Crippen LogP contribution in [0.25, 0.3) is 5.69 Å². The molecule has 3 aromatic rings. The number of hydrogen-bond donors (Lipinski definition) is 5. The number of halogens is 1. The Hall–Kier alpha value is -4.29. The number of nitrogens with zero attached hydrogens (tertiary/aromatic N) is 5. The maximum atomic E-state index is 14.9. The van der Waals surface area contributed by atoms with E-state index in [4.69, 9.17) is 10.8 Å². The molecule has 1 fully saturated rings. The van der Waals surface area contributed by atoms with Crippen molar-refractivity contribution in [3.63, 3.8) is 0 Å². The molecule has 0 bridgehead atoms. The third-order valence-corrected chi connectivity index (χ3v) is 5.80. The van der Waals surface area contributed by atoms with Crippen LogP contribution in [0.4, 0.5) is 26.5 Å². The van der Waals surface area contributed by atoms with Gasteiger partial charge in [0.15, 0.2) is 11.6 Å². The molecule has 0 spiro atoms. The van der Waals surface area contributed by atoms with E-state index in [1.165, 1.54) is 11.0 Å². The molecule has 0 unspecified atom stereocenters. The molecule has 1 aliphatic rings. The number of nitrogens with one attached hydrogen (secondary N) is 3. The van der Waals surface area contributed by atoms with Crippen molar-refractivity contribution in [2.45, 2.75) is 45.7 Å². The minimum Gasteiger partial charge on any atom is -0.465 e. The molecule has 35 heavy (non-hydrogen) atoms. The summed E-state index contributed by atoms with van der Waals surface area (Å²) in [6.45, 7) is 5.38. The molecular weight excluding hydrogens is 457 g/mol. The van der Waals surface area contributed by atoms with Gasteiger partial charge in [-0.2, -0.15) is 10.2 Å². The third-order valence-electron chi connectivity index (χ3n) is 5.80. The Morgan fingerprint density at radius 3 is 2.46 bits per heavy atom. The highest BCUT2D eigenvalue weighted by atomic mass is 19.1. The maximum absolute atomic E-state index is 14.9. The summed E-state index contributed by atoms with van der Waals surface area (Å²) < 4.78 is 14.9. The highest BCUT2D eigenvalue weighted by molar-refractivity contribution is 5.98. The minimum atomic E-state index is -1.17. The van der Waals surface area contributed by atoms with Gasteiger partial charge in [0.1, 0.15) is 11.5 Å². The van der Waals surface area contributed by atoms with Gasteiger partial charge in [0.2, 0.25) is 0 Å². The number of pyridine rings is 2. The molecule has 1 saturated carbocycles. The van der Waals surface area contributed by atoms with Gasteiger partial charge in [0.25, 0.3) is 5.91 Å². The Morgan fingerprint density at radius 2 is 1.86 bits per heavy atom. The standard InChI is InChI=1S/C22H26FN9O3/c1-10-11(2)31-32(30-10)15-6-14(8-25-9-15)27-20-16(19(24)33)7-17(23)21(29-20)28-18(13-4-5-13)12(3)26-22(34)35/h6-9,12-13,18,26H,4-5H2,1-3H3,(H2,24,33)(H,34,35)(H2,27,28,29)/t12-,18-/m0/s1. The van der Waals surface area contributed by atoms with Crippen molar-refractivity contribution in [1.82, 2.24) is 30.3 Å². The molecule has 0 saturated heterocycles. The second-order valence-electron chi connectivity index (χ2n) is 8.54. The number of carbonyl (C=O) groups is 2. The summed E-state index contributed by atoms with van der Waals surface area (Å²) in [6.07, 6.45) is 3.67. The Bertz CT molecular complexity index is 1260. The number of anilines is 3. The smallest absolute Gasteiger partial charge is 0.404 e. The molecule has 4 rings (SSSR count). The van der Waals surface area contributed by atoms with E-state index in [9.17, 15) is 14.0 Å². The number of carbonyl (C=O) groups excluding carboxylic acids is 1. The number of carboxylic acid groups (broad SMARTS) is 1. The van der Waals surface area contributed by atoms with Crippen molar-refractivity contribution in [1.29, 1.82) is 0 Å². The summed E-state index contributed by atoms with van der Waals surface area (Å²) in [5.74, 6) is -1.59. The molecule has 13 heteroatoms. The monoisotopic (exact) mass is 483 g/mol. The van der Waals surface area contributed by atoms with Crippen LogP contribution in [0.2, 0.25) is 0 Å². The van der Waals surface area contributed by atoms with Gasteiger partial charge >= 0.3 is 6.09 Å². The summed E-state index contributed by atoms with van der Waals surface area (Å²) in [5, 5.41) is 26.1. The van der Waals surface area contributed by atoms with E-state index in [0.717, 1.165) is 30.3 Å². The second kappa shape index (κ2) is 9.52. The number of aromatic nitrogens is 5. The van der Waals surface area contributed by atoms with E-state index in [1.54, 1.807) is 19.2 Å². The highest BCUT2D eigenvalue weighted by Crippen LogP contribution is 2.36. The van der Waals surface area contributed by atoms with Crippen LogP contribution in [0.15, 0.2) is 24.5 Å². The Balaban J connectivity index is 1.64. The van der Waals surface area contributed by atoms with Crippen LogP contribution in [0, 0.1) is 25.6 Å². The Kier molecular flexibility index (Phi) is 6.49. The van der Waals surface area contributed by atoms with Gasteiger partial charge in [0, 0.05) is 6.04 Å². The molecule has 2 amide bonds. The van der Waals surface area contributed by atoms with E-state index in [2.05, 4.69) is 36.1 Å². The minimum absolute atomic E-state index is 0.0227. The van der Waals surface area contributed by atoms with E-state index < -0.39 is 23.9 Å². The van der Waals surface area contributed by atoms with Crippen molar-refractivity contribution in [3.05, 3.63) is 47.3 Å². The van der Waals surface area contributed by atoms with Crippen LogP contribution in [0.1, 0.15) is 41.5 Å². The van der Waals surface area contributed by atoms with Crippen molar-refractivity contribution in [3.8, 4) is 5.69 Å². The second-order valence-corrected chi connectivity index (χ2v) is 8.54. The average molecular weight is 484 g/mol. The van der Waals surface area contributed by atoms with Crippen LogP contribution < -0.4 is 21.7 Å². The van der Waals surface area contributed by atoms with Crippen molar-refractivity contribution < 1.29 is 19.1 Å². The lowest BCUT2D eigenvalue weighted by Crippen LogP contribution is -2.45. The molecule has 6 N–H and O–H groups in total. The highest BCUT2D eigenvalue weighted by Gasteiger charge is 2.36. The summed E-state index contributed by atoms with van der Waals surface area (Å²) in [7, 11) is 0. The van der Waals surface area contributed by atoms with Crippen molar-refractivity contribution >= 4 is 29.3 Å². The van der Waals surface area contributed by atoms with Gasteiger partial charge in [-0.25, -0.2) is 14.2 Å². The largest absolute Gasteiger partial charge is 0.465 e. The molecule has 1 aliphatic carbocycles. The van der Waals surface area contributed by atoms with Crippen LogP contribution in [0.5, 0.6) is 0 Å². The summed E-state index contributed by atoms with van der Waals surface area (Å²) in [5.41, 5.74) is 7.87. The Morgan fingerprint density at radius 1 is 1.17 bits per heavy atom. The number of hydrogen-bond acceptors (Lipinski definition) is 8. The predicted molar refractivity (Wildman–Crippen MR) is 125 cm³/mol. The van der Waals surface area contributed by atoms with Crippen molar-refractivity contribution in [2.75, 3.05) is 10.6 Å². The van der Waals surface area contributed by atoms with E-state index in [0.29, 0.717) is 11.4 Å². The van der Waals surface area contributed by atoms with Gasteiger partial charge in [-0.15, -0.1) is 4.80 Å². The summed E-state index contributed by atoms with van der Waals surface area (Å²) >= 11 is 0. The number of aryl methyl sites for hydroxylation is 2. The number of rotatable bonds is 9. The maximum Gasteiger partial charge on any atom is 0.404 e. The van der Waals surface area contributed by atoms with Gasteiger partial charge < -0.3 is 26.8 Å². The molecule has 3 heterocycles. The van der Waals surface area contributed by atoms with E-state index >= 15 is 0 Å². The molecule has 0 aromatic carbocycles. The molecule has 2 atom stereocenters. The Labute approximate surface area is 200 Å².